The van der Waals surface area contributed by atoms with Gasteiger partial charge in [0.2, 0.25) is 0 Å². The van der Waals surface area contributed by atoms with Gasteiger partial charge in [0.1, 0.15) is 11.6 Å². The lowest BCUT2D eigenvalue weighted by Gasteiger charge is -2.38. The van der Waals surface area contributed by atoms with Crippen molar-refractivity contribution in [2.75, 3.05) is 0 Å². The molecule has 0 aromatic carbocycles. The van der Waals surface area contributed by atoms with E-state index in [0.717, 1.165) is 37.5 Å². The lowest BCUT2D eigenvalue weighted by atomic mass is 9.71. The molecule has 0 saturated heterocycles. The highest BCUT2D eigenvalue weighted by atomic mass is 15.3. The Morgan fingerprint density at radius 2 is 2.18 bits per heavy atom. The lowest BCUT2D eigenvalue weighted by Crippen LogP contribution is -2.47. The van der Waals surface area contributed by atoms with E-state index in [1.807, 2.05) is 6.92 Å². The maximum atomic E-state index is 6.34. The standard InChI is InChI=1S/C13H24N4/c1-4-9-17-10(2)15-16-12(17)13(3)8-6-5-7-11(13)14/h11H,4-9,14H2,1-3H3. The Labute approximate surface area is 104 Å². The molecule has 2 unspecified atom stereocenters. The minimum atomic E-state index is 0.00861. The Hall–Kier alpha value is -0.900. The van der Waals surface area contributed by atoms with Crippen LogP contribution in [0.4, 0.5) is 0 Å². The number of rotatable bonds is 3. The van der Waals surface area contributed by atoms with Crippen LogP contribution in [-0.2, 0) is 12.0 Å². The topological polar surface area (TPSA) is 56.7 Å². The van der Waals surface area contributed by atoms with E-state index in [1.165, 1.54) is 12.8 Å². The molecule has 1 aromatic rings. The molecule has 0 radical (unpaired) electrons. The van der Waals surface area contributed by atoms with Gasteiger partial charge >= 0.3 is 0 Å². The van der Waals surface area contributed by atoms with E-state index in [4.69, 9.17) is 5.73 Å². The molecule has 4 heteroatoms. The fourth-order valence-electron chi connectivity index (χ4n) is 2.93. The van der Waals surface area contributed by atoms with Gasteiger partial charge in [0.05, 0.1) is 0 Å². The van der Waals surface area contributed by atoms with E-state index < -0.39 is 0 Å². The van der Waals surface area contributed by atoms with Crippen LogP contribution in [0.5, 0.6) is 0 Å². The molecule has 1 aliphatic rings. The van der Waals surface area contributed by atoms with Crippen LogP contribution in [0.25, 0.3) is 0 Å². The minimum absolute atomic E-state index is 0.00861. The minimum Gasteiger partial charge on any atom is -0.327 e. The van der Waals surface area contributed by atoms with Gasteiger partial charge in [0.15, 0.2) is 0 Å². The van der Waals surface area contributed by atoms with E-state index in [-0.39, 0.29) is 11.5 Å². The first-order valence-electron chi connectivity index (χ1n) is 6.75. The summed E-state index contributed by atoms with van der Waals surface area (Å²) in [7, 11) is 0. The monoisotopic (exact) mass is 236 g/mol. The predicted molar refractivity (Wildman–Crippen MR) is 68.8 cm³/mol. The maximum Gasteiger partial charge on any atom is 0.140 e. The number of nitrogens with zero attached hydrogens (tertiary/aromatic N) is 3. The summed E-state index contributed by atoms with van der Waals surface area (Å²) in [5.74, 6) is 2.12. The number of aromatic nitrogens is 3. The Bertz CT molecular complexity index is 385. The zero-order chi connectivity index (χ0) is 12.5. The Morgan fingerprint density at radius 3 is 2.82 bits per heavy atom. The average Bonchev–Trinajstić information content (AvgIpc) is 2.66. The molecule has 2 rings (SSSR count). The molecule has 2 atom stereocenters. The molecule has 1 fully saturated rings. The molecule has 4 nitrogen and oxygen atoms in total. The third-order valence-electron chi connectivity index (χ3n) is 4.17. The second-order valence-corrected chi connectivity index (χ2v) is 5.49. The second-order valence-electron chi connectivity index (χ2n) is 5.49. The third-order valence-corrected chi connectivity index (χ3v) is 4.17. The SMILES string of the molecule is CCCn1c(C)nnc1C1(C)CCCCC1N. The summed E-state index contributed by atoms with van der Waals surface area (Å²) in [5, 5.41) is 8.66. The summed E-state index contributed by atoms with van der Waals surface area (Å²) in [6, 6.07) is 0.218. The normalized spacial score (nSPS) is 29.5. The molecule has 1 saturated carbocycles. The van der Waals surface area contributed by atoms with Crippen molar-refractivity contribution in [3.8, 4) is 0 Å². The molecule has 1 aromatic heterocycles. The number of hydrogen-bond acceptors (Lipinski definition) is 3. The molecular formula is C13H24N4. The van der Waals surface area contributed by atoms with Crippen molar-refractivity contribution >= 4 is 0 Å². The summed E-state index contributed by atoms with van der Waals surface area (Å²) in [4.78, 5) is 0. The van der Waals surface area contributed by atoms with Crippen molar-refractivity contribution in [2.24, 2.45) is 5.73 Å². The van der Waals surface area contributed by atoms with Crippen molar-refractivity contribution in [2.45, 2.75) is 70.9 Å². The highest BCUT2D eigenvalue weighted by molar-refractivity contribution is 5.14. The molecule has 1 aliphatic carbocycles. The fourth-order valence-corrected chi connectivity index (χ4v) is 2.93. The smallest absolute Gasteiger partial charge is 0.140 e. The number of hydrogen-bond donors (Lipinski definition) is 1. The second kappa shape index (κ2) is 4.77. The van der Waals surface area contributed by atoms with Crippen LogP contribution in [0, 0.1) is 6.92 Å². The Kier molecular flexibility index (Phi) is 3.52. The molecule has 0 spiro atoms. The van der Waals surface area contributed by atoms with Gasteiger partial charge in [0.25, 0.3) is 0 Å². The molecule has 0 bridgehead atoms. The summed E-state index contributed by atoms with van der Waals surface area (Å²) in [6.45, 7) is 7.47. The fraction of sp³-hybridized carbons (Fsp3) is 0.846. The van der Waals surface area contributed by atoms with Gasteiger partial charge in [-0.15, -0.1) is 10.2 Å². The molecule has 0 aliphatic heterocycles. The quantitative estimate of drug-likeness (QED) is 0.875. The van der Waals surface area contributed by atoms with Gasteiger partial charge in [-0.3, -0.25) is 0 Å². The predicted octanol–water partition coefficient (Wildman–Crippen LogP) is 2.16. The van der Waals surface area contributed by atoms with Gasteiger partial charge in [-0.2, -0.15) is 0 Å². The zero-order valence-corrected chi connectivity index (χ0v) is 11.2. The van der Waals surface area contributed by atoms with Crippen LogP contribution >= 0.6 is 0 Å². The molecular weight excluding hydrogens is 212 g/mol. The van der Waals surface area contributed by atoms with Crippen molar-refractivity contribution in [1.82, 2.24) is 14.8 Å². The molecule has 2 N–H and O–H groups in total. The van der Waals surface area contributed by atoms with Crippen LogP contribution in [0.1, 0.15) is 57.6 Å². The van der Waals surface area contributed by atoms with E-state index in [2.05, 4.69) is 28.6 Å². The lowest BCUT2D eigenvalue weighted by molar-refractivity contribution is 0.250. The first-order valence-corrected chi connectivity index (χ1v) is 6.75. The third kappa shape index (κ3) is 2.10. The number of aryl methyl sites for hydroxylation is 1. The van der Waals surface area contributed by atoms with Gasteiger partial charge < -0.3 is 10.3 Å². The van der Waals surface area contributed by atoms with E-state index >= 15 is 0 Å². The Balaban J connectivity index is 2.37. The van der Waals surface area contributed by atoms with E-state index in [1.54, 1.807) is 0 Å². The Morgan fingerprint density at radius 1 is 1.41 bits per heavy atom. The summed E-state index contributed by atoms with van der Waals surface area (Å²) in [6.07, 6.45) is 5.85. The van der Waals surface area contributed by atoms with Gasteiger partial charge in [-0.05, 0) is 26.2 Å². The van der Waals surface area contributed by atoms with Crippen LogP contribution in [-0.4, -0.2) is 20.8 Å². The highest BCUT2D eigenvalue weighted by Crippen LogP contribution is 2.37. The first-order chi connectivity index (χ1) is 8.09. The van der Waals surface area contributed by atoms with Crippen LogP contribution < -0.4 is 5.73 Å². The highest BCUT2D eigenvalue weighted by Gasteiger charge is 2.40. The van der Waals surface area contributed by atoms with Crippen molar-refractivity contribution in [1.29, 1.82) is 0 Å². The first kappa shape index (κ1) is 12.6. The van der Waals surface area contributed by atoms with Gasteiger partial charge in [-0.1, -0.05) is 26.7 Å². The van der Waals surface area contributed by atoms with Gasteiger partial charge in [0, 0.05) is 18.0 Å². The largest absolute Gasteiger partial charge is 0.327 e. The molecule has 17 heavy (non-hydrogen) atoms. The van der Waals surface area contributed by atoms with Crippen molar-refractivity contribution < 1.29 is 0 Å². The van der Waals surface area contributed by atoms with Crippen molar-refractivity contribution in [3.05, 3.63) is 11.6 Å². The summed E-state index contributed by atoms with van der Waals surface area (Å²) >= 11 is 0. The van der Waals surface area contributed by atoms with E-state index in [9.17, 15) is 0 Å². The number of nitrogens with two attached hydrogens (primary N) is 1. The van der Waals surface area contributed by atoms with Crippen LogP contribution in [0.2, 0.25) is 0 Å². The molecule has 1 heterocycles. The van der Waals surface area contributed by atoms with E-state index in [0.29, 0.717) is 0 Å². The average molecular weight is 236 g/mol. The summed E-state index contributed by atoms with van der Waals surface area (Å²) in [5.41, 5.74) is 6.35. The van der Waals surface area contributed by atoms with Crippen molar-refractivity contribution in [3.63, 3.8) is 0 Å². The van der Waals surface area contributed by atoms with Crippen LogP contribution in [0.3, 0.4) is 0 Å². The van der Waals surface area contributed by atoms with Gasteiger partial charge in [-0.25, -0.2) is 0 Å². The summed E-state index contributed by atoms with van der Waals surface area (Å²) < 4.78 is 2.26. The zero-order valence-electron chi connectivity index (χ0n) is 11.2. The molecule has 96 valence electrons. The maximum absolute atomic E-state index is 6.34. The van der Waals surface area contributed by atoms with Crippen LogP contribution in [0.15, 0.2) is 0 Å². The molecule has 0 amide bonds.